The number of hydrogen-bond donors (Lipinski definition) is 3. The summed E-state index contributed by atoms with van der Waals surface area (Å²) in [6, 6.07) is 6.23. The minimum Gasteiger partial charge on any atom is -0.467 e. The average molecular weight is 557 g/mol. The largest absolute Gasteiger partial charge is 0.467 e. The zero-order valence-corrected chi connectivity index (χ0v) is 22.1. The van der Waals surface area contributed by atoms with Gasteiger partial charge in [0.25, 0.3) is 0 Å². The normalized spacial score (nSPS) is 11.7. The molecule has 0 radical (unpaired) electrons. The van der Waals surface area contributed by atoms with Crippen molar-refractivity contribution in [2.75, 3.05) is 43.4 Å². The Kier molecular flexibility index (Phi) is 23.5. The van der Waals surface area contributed by atoms with E-state index < -0.39 is 18.1 Å². The van der Waals surface area contributed by atoms with Crippen LogP contribution in [-0.2, 0) is 20.7 Å². The molecule has 0 aliphatic rings. The third-order valence-electron chi connectivity index (χ3n) is 4.56. The first-order valence-electron chi connectivity index (χ1n) is 9.76. The lowest BCUT2D eigenvalue weighted by molar-refractivity contribution is -0.145. The summed E-state index contributed by atoms with van der Waals surface area (Å²) in [5.41, 5.74) is 13.3. The number of hydrogen-bond acceptors (Lipinski definition) is 6. The third-order valence-corrected chi connectivity index (χ3v) is 4.90. The number of benzene rings is 1. The van der Waals surface area contributed by atoms with Crippen molar-refractivity contribution < 1.29 is 14.3 Å². The molecular formula is C20H35Cl5N4O3. The van der Waals surface area contributed by atoms with Crippen molar-refractivity contribution in [3.8, 4) is 0 Å². The number of alkyl halides is 2. The predicted molar refractivity (Wildman–Crippen MR) is 140 cm³/mol. The van der Waals surface area contributed by atoms with Gasteiger partial charge in [0.1, 0.15) is 6.04 Å². The number of esters is 1. The molecule has 7 nitrogen and oxygen atoms in total. The molecule has 1 aromatic rings. The molecule has 0 fully saturated rings. The molecule has 0 aliphatic heterocycles. The van der Waals surface area contributed by atoms with Crippen LogP contribution in [-0.4, -0.2) is 62.5 Å². The third kappa shape index (κ3) is 13.1. The van der Waals surface area contributed by atoms with Gasteiger partial charge in [-0.15, -0.1) is 60.4 Å². The highest BCUT2D eigenvalue weighted by atomic mass is 35.5. The number of carbonyl (C=O) groups excluding carboxylic acids is 2. The number of unbranched alkanes of at least 4 members (excludes halogenated alkanes) is 1. The Hall–Kier alpha value is -0.670. The molecule has 1 unspecified atom stereocenters. The van der Waals surface area contributed by atoms with Gasteiger partial charge in [-0.3, -0.25) is 4.79 Å². The lowest BCUT2D eigenvalue weighted by Crippen LogP contribution is -2.49. The van der Waals surface area contributed by atoms with Crippen molar-refractivity contribution >= 4 is 78.0 Å². The van der Waals surface area contributed by atoms with Crippen LogP contribution in [0.1, 0.15) is 24.8 Å². The molecule has 0 saturated carbocycles. The molecule has 0 aliphatic carbocycles. The van der Waals surface area contributed by atoms with Crippen LogP contribution < -0.4 is 21.7 Å². The zero-order valence-electron chi connectivity index (χ0n) is 18.1. The number of nitrogens with two attached hydrogens (primary N) is 2. The number of ether oxygens (including phenoxy) is 1. The van der Waals surface area contributed by atoms with Crippen molar-refractivity contribution in [3.05, 3.63) is 29.8 Å². The Morgan fingerprint density at radius 3 is 2.09 bits per heavy atom. The van der Waals surface area contributed by atoms with Crippen molar-refractivity contribution in [3.63, 3.8) is 0 Å². The monoisotopic (exact) mass is 554 g/mol. The molecule has 0 saturated heterocycles. The number of amides is 1. The lowest BCUT2D eigenvalue weighted by Gasteiger charge is -2.23. The number of methoxy groups -OCH3 is 1. The summed E-state index contributed by atoms with van der Waals surface area (Å²) >= 11 is 11.7. The maximum atomic E-state index is 12.3. The summed E-state index contributed by atoms with van der Waals surface area (Å²) in [6.07, 6.45) is 2.39. The summed E-state index contributed by atoms with van der Waals surface area (Å²) in [5, 5.41) is 2.71. The van der Waals surface area contributed by atoms with Gasteiger partial charge in [0, 0.05) is 37.0 Å². The second kappa shape index (κ2) is 20.9. The van der Waals surface area contributed by atoms with E-state index in [9.17, 15) is 9.59 Å². The number of nitrogens with one attached hydrogen (secondary N) is 1. The smallest absolute Gasteiger partial charge is 0.328 e. The van der Waals surface area contributed by atoms with E-state index in [1.165, 1.54) is 7.11 Å². The molecule has 2 atom stereocenters. The molecule has 0 bridgehead atoms. The first-order chi connectivity index (χ1) is 14.0. The second-order valence-electron chi connectivity index (χ2n) is 6.71. The molecule has 188 valence electrons. The number of halogens is 5. The quantitative estimate of drug-likeness (QED) is 0.185. The maximum absolute atomic E-state index is 12.3. The van der Waals surface area contributed by atoms with E-state index in [1.54, 1.807) is 0 Å². The molecule has 5 N–H and O–H groups in total. The Bertz CT molecular complexity index is 620. The molecule has 0 spiro atoms. The van der Waals surface area contributed by atoms with Crippen LogP contribution in [0.4, 0.5) is 5.69 Å². The molecule has 1 amide bonds. The maximum Gasteiger partial charge on any atom is 0.328 e. The Labute approximate surface area is 219 Å². The van der Waals surface area contributed by atoms with Crippen molar-refractivity contribution in [1.82, 2.24) is 5.32 Å². The van der Waals surface area contributed by atoms with Crippen LogP contribution in [0.25, 0.3) is 0 Å². The predicted octanol–water partition coefficient (Wildman–Crippen LogP) is 2.89. The highest BCUT2D eigenvalue weighted by Crippen LogP contribution is 2.17. The highest BCUT2D eigenvalue weighted by molar-refractivity contribution is 6.18. The summed E-state index contributed by atoms with van der Waals surface area (Å²) in [6.45, 7) is 1.94. The SMILES string of the molecule is COC(=O)C(Cc1ccc(N(CCCl)CCCl)cc1)NC(=O)[C@@H](N)CCCCN.Cl.Cl.Cl. The Balaban J connectivity index is -0.00000280. The molecule has 1 rings (SSSR count). The van der Waals surface area contributed by atoms with Crippen LogP contribution in [0, 0.1) is 0 Å². The molecule has 1 aromatic carbocycles. The fourth-order valence-electron chi connectivity index (χ4n) is 2.91. The molecule has 12 heteroatoms. The summed E-state index contributed by atoms with van der Waals surface area (Å²) < 4.78 is 4.84. The van der Waals surface area contributed by atoms with Gasteiger partial charge < -0.3 is 26.4 Å². The minimum atomic E-state index is -0.805. The minimum absolute atomic E-state index is 0. The van der Waals surface area contributed by atoms with Crippen molar-refractivity contribution in [2.45, 2.75) is 37.8 Å². The average Bonchev–Trinajstić information content (AvgIpc) is 2.73. The summed E-state index contributed by atoms with van der Waals surface area (Å²) in [5.74, 6) is 0.119. The van der Waals surface area contributed by atoms with Gasteiger partial charge in [0.2, 0.25) is 5.91 Å². The van der Waals surface area contributed by atoms with E-state index in [0.717, 1.165) is 24.1 Å². The fourth-order valence-corrected chi connectivity index (χ4v) is 3.31. The van der Waals surface area contributed by atoms with E-state index in [-0.39, 0.29) is 43.1 Å². The lowest BCUT2D eigenvalue weighted by atomic mass is 10.0. The number of carbonyl (C=O) groups is 2. The van der Waals surface area contributed by atoms with Gasteiger partial charge in [0.15, 0.2) is 0 Å². The van der Waals surface area contributed by atoms with E-state index in [4.69, 9.17) is 39.4 Å². The summed E-state index contributed by atoms with van der Waals surface area (Å²) in [4.78, 5) is 26.6. The van der Waals surface area contributed by atoms with Gasteiger partial charge in [-0.25, -0.2) is 4.79 Å². The first-order valence-corrected chi connectivity index (χ1v) is 10.8. The van der Waals surface area contributed by atoms with E-state index in [1.807, 2.05) is 24.3 Å². The van der Waals surface area contributed by atoms with Crippen LogP contribution in [0.5, 0.6) is 0 Å². The molecule has 32 heavy (non-hydrogen) atoms. The van der Waals surface area contributed by atoms with Gasteiger partial charge in [-0.2, -0.15) is 0 Å². The van der Waals surface area contributed by atoms with Crippen molar-refractivity contribution in [2.24, 2.45) is 11.5 Å². The van der Waals surface area contributed by atoms with E-state index in [0.29, 0.717) is 44.2 Å². The van der Waals surface area contributed by atoms with E-state index in [2.05, 4.69) is 10.2 Å². The molecule has 0 aromatic heterocycles. The standard InChI is InChI=1S/C20H32Cl2N4O3.3ClH/c1-29-20(28)18(25-19(27)17(24)4-2-3-11-23)14-15-5-7-16(8-6-15)26(12-9-21)13-10-22;;;/h5-8,17-18H,2-4,9-14,23-24H2,1H3,(H,25,27);3*1H/t17-,18?;;;/m0.../s1. The van der Waals surface area contributed by atoms with Gasteiger partial charge >= 0.3 is 5.97 Å². The molecule has 0 heterocycles. The van der Waals surface area contributed by atoms with Crippen LogP contribution in [0.3, 0.4) is 0 Å². The number of rotatable bonds is 14. The van der Waals surface area contributed by atoms with Gasteiger partial charge in [0.05, 0.1) is 13.2 Å². The van der Waals surface area contributed by atoms with Crippen LogP contribution in [0.15, 0.2) is 24.3 Å². The first kappa shape index (κ1) is 35.9. The topological polar surface area (TPSA) is 111 Å². The van der Waals surface area contributed by atoms with Crippen LogP contribution in [0.2, 0.25) is 0 Å². The highest BCUT2D eigenvalue weighted by Gasteiger charge is 2.24. The number of nitrogens with zero attached hydrogens (tertiary/aromatic N) is 1. The molecular weight excluding hydrogens is 522 g/mol. The van der Waals surface area contributed by atoms with Crippen molar-refractivity contribution in [1.29, 1.82) is 0 Å². The van der Waals surface area contributed by atoms with E-state index >= 15 is 0 Å². The van der Waals surface area contributed by atoms with Crippen LogP contribution >= 0.6 is 60.4 Å². The van der Waals surface area contributed by atoms with Gasteiger partial charge in [-0.05, 0) is 37.1 Å². The Morgan fingerprint density at radius 2 is 1.62 bits per heavy atom. The van der Waals surface area contributed by atoms with Gasteiger partial charge in [-0.1, -0.05) is 18.6 Å². The fraction of sp³-hybridized carbons (Fsp3) is 0.600. The summed E-state index contributed by atoms with van der Waals surface area (Å²) in [7, 11) is 1.29. The Morgan fingerprint density at radius 1 is 1.06 bits per heavy atom. The number of anilines is 1. The zero-order chi connectivity index (χ0) is 21.6. The second-order valence-corrected chi connectivity index (χ2v) is 7.47.